The van der Waals surface area contributed by atoms with Gasteiger partial charge in [-0.2, -0.15) is 0 Å². The number of rotatable bonds is 11. The fourth-order valence-electron chi connectivity index (χ4n) is 1.53. The maximum absolute atomic E-state index is 11.4. The largest absolute Gasteiger partial charge is 0.460 e. The Bertz CT molecular complexity index is 261. The molecule has 0 amide bonds. The Hall–Kier alpha value is -0.900. The standard InChI is InChI=1S/C15H28O4/c1-5-6-7-8-9-18-11-13(4)19-15(17)10-14(16)12(2)3/h12-13H,5-11H2,1-4H3. The number of hydrogen-bond acceptors (Lipinski definition) is 4. The van der Waals surface area contributed by atoms with E-state index in [-0.39, 0.29) is 24.2 Å². The van der Waals surface area contributed by atoms with E-state index in [2.05, 4.69) is 6.92 Å². The summed E-state index contributed by atoms with van der Waals surface area (Å²) in [6, 6.07) is 0. The first-order valence-electron chi connectivity index (χ1n) is 7.27. The van der Waals surface area contributed by atoms with Crippen LogP contribution in [-0.2, 0) is 19.1 Å². The molecule has 0 saturated heterocycles. The molecule has 0 fully saturated rings. The third-order valence-electron chi connectivity index (χ3n) is 2.79. The lowest BCUT2D eigenvalue weighted by molar-refractivity contribution is -0.153. The first-order valence-corrected chi connectivity index (χ1v) is 7.27. The van der Waals surface area contributed by atoms with Gasteiger partial charge in [0.05, 0.1) is 6.61 Å². The second-order valence-electron chi connectivity index (χ2n) is 5.23. The summed E-state index contributed by atoms with van der Waals surface area (Å²) >= 11 is 0. The van der Waals surface area contributed by atoms with Gasteiger partial charge in [0.1, 0.15) is 18.3 Å². The van der Waals surface area contributed by atoms with Crippen molar-refractivity contribution in [2.45, 2.75) is 65.9 Å². The molecule has 0 aromatic rings. The monoisotopic (exact) mass is 272 g/mol. The molecule has 0 bridgehead atoms. The Morgan fingerprint density at radius 1 is 1.05 bits per heavy atom. The van der Waals surface area contributed by atoms with Gasteiger partial charge in [0, 0.05) is 12.5 Å². The molecule has 19 heavy (non-hydrogen) atoms. The van der Waals surface area contributed by atoms with Crippen molar-refractivity contribution in [3.63, 3.8) is 0 Å². The predicted octanol–water partition coefficient (Wildman–Crippen LogP) is 3.13. The third-order valence-corrected chi connectivity index (χ3v) is 2.79. The Labute approximate surface area is 116 Å². The fraction of sp³-hybridized carbons (Fsp3) is 0.867. The van der Waals surface area contributed by atoms with E-state index in [0.29, 0.717) is 13.2 Å². The Morgan fingerprint density at radius 3 is 2.32 bits per heavy atom. The summed E-state index contributed by atoms with van der Waals surface area (Å²) in [5.74, 6) is -0.670. The maximum atomic E-state index is 11.4. The molecule has 4 nitrogen and oxygen atoms in total. The highest BCUT2D eigenvalue weighted by Gasteiger charge is 2.16. The lowest BCUT2D eigenvalue weighted by atomic mass is 10.1. The number of unbranched alkanes of at least 4 members (excludes halogenated alkanes) is 3. The normalized spacial score (nSPS) is 12.5. The molecule has 112 valence electrons. The number of esters is 1. The average Bonchev–Trinajstić information content (AvgIpc) is 2.33. The van der Waals surface area contributed by atoms with Gasteiger partial charge in [0.15, 0.2) is 0 Å². The second-order valence-corrected chi connectivity index (χ2v) is 5.23. The minimum atomic E-state index is -0.458. The van der Waals surface area contributed by atoms with Gasteiger partial charge in [-0.3, -0.25) is 9.59 Å². The summed E-state index contributed by atoms with van der Waals surface area (Å²) in [5.41, 5.74) is 0. The first-order chi connectivity index (χ1) is 8.97. The highest BCUT2D eigenvalue weighted by Crippen LogP contribution is 2.03. The van der Waals surface area contributed by atoms with Crippen LogP contribution in [0.1, 0.15) is 59.8 Å². The van der Waals surface area contributed by atoms with Crippen LogP contribution in [0.3, 0.4) is 0 Å². The molecule has 0 radical (unpaired) electrons. The van der Waals surface area contributed by atoms with Crippen LogP contribution in [0.25, 0.3) is 0 Å². The number of Topliss-reactive ketones (excluding diaryl/α,β-unsaturated/α-hetero) is 1. The van der Waals surface area contributed by atoms with Crippen LogP contribution in [-0.4, -0.2) is 31.1 Å². The van der Waals surface area contributed by atoms with E-state index in [0.717, 1.165) is 6.42 Å². The molecule has 4 heteroatoms. The zero-order valence-corrected chi connectivity index (χ0v) is 12.7. The van der Waals surface area contributed by atoms with Crippen molar-refractivity contribution in [2.75, 3.05) is 13.2 Å². The molecule has 1 atom stereocenters. The number of ketones is 1. The Kier molecular flexibility index (Phi) is 10.5. The summed E-state index contributed by atoms with van der Waals surface area (Å²) in [6.45, 7) is 8.60. The number of carbonyl (C=O) groups excluding carboxylic acids is 2. The molecule has 0 spiro atoms. The first kappa shape index (κ1) is 18.1. The summed E-state index contributed by atoms with van der Waals surface area (Å²) < 4.78 is 10.5. The van der Waals surface area contributed by atoms with E-state index < -0.39 is 5.97 Å². The summed E-state index contributed by atoms with van der Waals surface area (Å²) in [7, 11) is 0. The van der Waals surface area contributed by atoms with Crippen molar-refractivity contribution < 1.29 is 19.1 Å². The van der Waals surface area contributed by atoms with Crippen LogP contribution in [0.2, 0.25) is 0 Å². The number of hydrogen-bond donors (Lipinski definition) is 0. The van der Waals surface area contributed by atoms with Crippen LogP contribution in [0.15, 0.2) is 0 Å². The van der Waals surface area contributed by atoms with Gasteiger partial charge in [-0.25, -0.2) is 0 Å². The van der Waals surface area contributed by atoms with Gasteiger partial charge in [-0.05, 0) is 13.3 Å². The number of carbonyl (C=O) groups is 2. The molecular formula is C15H28O4. The third kappa shape index (κ3) is 10.7. The van der Waals surface area contributed by atoms with Crippen LogP contribution in [0, 0.1) is 5.92 Å². The molecule has 0 heterocycles. The molecule has 0 saturated carbocycles. The maximum Gasteiger partial charge on any atom is 0.313 e. The van der Waals surface area contributed by atoms with Gasteiger partial charge < -0.3 is 9.47 Å². The highest BCUT2D eigenvalue weighted by molar-refractivity contribution is 5.96. The topological polar surface area (TPSA) is 52.6 Å². The van der Waals surface area contributed by atoms with Crippen LogP contribution in [0.4, 0.5) is 0 Å². The lowest BCUT2D eigenvalue weighted by Gasteiger charge is -2.13. The zero-order valence-electron chi connectivity index (χ0n) is 12.7. The van der Waals surface area contributed by atoms with E-state index in [4.69, 9.17) is 9.47 Å². The van der Waals surface area contributed by atoms with Crippen molar-refractivity contribution in [1.29, 1.82) is 0 Å². The molecular weight excluding hydrogens is 244 g/mol. The van der Waals surface area contributed by atoms with Crippen molar-refractivity contribution in [1.82, 2.24) is 0 Å². The van der Waals surface area contributed by atoms with E-state index in [1.54, 1.807) is 20.8 Å². The van der Waals surface area contributed by atoms with Crippen molar-refractivity contribution in [3.8, 4) is 0 Å². The minimum absolute atomic E-state index is 0.0855. The van der Waals surface area contributed by atoms with Crippen LogP contribution >= 0.6 is 0 Å². The fourth-order valence-corrected chi connectivity index (χ4v) is 1.53. The van der Waals surface area contributed by atoms with Crippen LogP contribution < -0.4 is 0 Å². The van der Waals surface area contributed by atoms with Crippen molar-refractivity contribution in [3.05, 3.63) is 0 Å². The smallest absolute Gasteiger partial charge is 0.313 e. The highest BCUT2D eigenvalue weighted by atomic mass is 16.6. The van der Waals surface area contributed by atoms with E-state index in [1.165, 1.54) is 19.3 Å². The molecule has 1 unspecified atom stereocenters. The summed E-state index contributed by atoms with van der Waals surface area (Å²) in [4.78, 5) is 22.8. The quantitative estimate of drug-likeness (QED) is 0.329. The van der Waals surface area contributed by atoms with E-state index in [1.807, 2.05) is 0 Å². The molecule has 0 rings (SSSR count). The second kappa shape index (κ2) is 11.0. The average molecular weight is 272 g/mol. The molecule has 0 aliphatic rings. The number of ether oxygens (including phenoxy) is 2. The predicted molar refractivity (Wildman–Crippen MR) is 75.0 cm³/mol. The van der Waals surface area contributed by atoms with Crippen molar-refractivity contribution in [2.24, 2.45) is 5.92 Å². The molecule has 0 aromatic carbocycles. The van der Waals surface area contributed by atoms with Gasteiger partial charge in [0.2, 0.25) is 0 Å². The van der Waals surface area contributed by atoms with Gasteiger partial charge in [-0.15, -0.1) is 0 Å². The van der Waals surface area contributed by atoms with Gasteiger partial charge in [-0.1, -0.05) is 40.0 Å². The van der Waals surface area contributed by atoms with Gasteiger partial charge in [0.25, 0.3) is 0 Å². The Morgan fingerprint density at radius 2 is 1.74 bits per heavy atom. The Balaban J connectivity index is 3.59. The molecule has 0 aliphatic heterocycles. The van der Waals surface area contributed by atoms with Crippen LogP contribution in [0.5, 0.6) is 0 Å². The lowest BCUT2D eigenvalue weighted by Crippen LogP contribution is -2.23. The van der Waals surface area contributed by atoms with E-state index >= 15 is 0 Å². The van der Waals surface area contributed by atoms with Crippen molar-refractivity contribution >= 4 is 11.8 Å². The van der Waals surface area contributed by atoms with E-state index in [9.17, 15) is 9.59 Å². The SMILES string of the molecule is CCCCCCOCC(C)OC(=O)CC(=O)C(C)C. The summed E-state index contributed by atoms with van der Waals surface area (Å²) in [6.07, 6.45) is 4.22. The summed E-state index contributed by atoms with van der Waals surface area (Å²) in [5, 5.41) is 0. The molecule has 0 aliphatic carbocycles. The zero-order chi connectivity index (χ0) is 14.7. The minimum Gasteiger partial charge on any atom is -0.460 e. The van der Waals surface area contributed by atoms with Gasteiger partial charge >= 0.3 is 5.97 Å². The molecule has 0 aromatic heterocycles. The molecule has 0 N–H and O–H groups in total.